The van der Waals surface area contributed by atoms with E-state index < -0.39 is 24.6 Å². The summed E-state index contributed by atoms with van der Waals surface area (Å²) >= 11 is 1.01. The van der Waals surface area contributed by atoms with Gasteiger partial charge < -0.3 is 29.9 Å². The number of hydrogen-bond donors (Lipinski definition) is 3. The molecule has 3 aromatic rings. The van der Waals surface area contributed by atoms with E-state index in [9.17, 15) is 19.5 Å². The molecular formula is C31H36N2O7S. The minimum Gasteiger partial charge on any atom is -0.480 e. The highest BCUT2D eigenvalue weighted by atomic mass is 32.1. The lowest BCUT2D eigenvalue weighted by Gasteiger charge is -2.36. The standard InChI is InChI=1S/C31H36N2O7S/c1-18(2)33(24-11-6-5-8-19(24)3)30(36)27(21-12-14-32-15-13-21)40-23-10-7-9-22(16-23)28-20(4)26(39-17-25(34)35)29(41-28)31(37)38/h5-11,16,18,21,27,32H,12-15,17H2,1-4H3,(H,34,35)(H,37,38). The minimum atomic E-state index is -1.20. The summed E-state index contributed by atoms with van der Waals surface area (Å²) in [4.78, 5) is 39.6. The number of nitrogens with one attached hydrogen (secondary N) is 1. The highest BCUT2D eigenvalue weighted by molar-refractivity contribution is 7.18. The Bertz CT molecular complexity index is 1410. The maximum Gasteiger partial charge on any atom is 0.349 e. The molecule has 1 fully saturated rings. The van der Waals surface area contributed by atoms with Gasteiger partial charge in [0.05, 0.1) is 0 Å². The van der Waals surface area contributed by atoms with Gasteiger partial charge in [-0.3, -0.25) is 4.79 Å². The summed E-state index contributed by atoms with van der Waals surface area (Å²) in [6, 6.07) is 15.0. The molecule has 1 atom stereocenters. The summed E-state index contributed by atoms with van der Waals surface area (Å²) in [5, 5.41) is 22.1. The Kier molecular flexibility index (Phi) is 9.67. The van der Waals surface area contributed by atoms with E-state index in [1.54, 1.807) is 25.1 Å². The predicted octanol–water partition coefficient (Wildman–Crippen LogP) is 5.38. The zero-order valence-electron chi connectivity index (χ0n) is 23.7. The number of carboxylic acid groups (broad SMARTS) is 2. The van der Waals surface area contributed by atoms with E-state index in [0.29, 0.717) is 21.8 Å². The first kappa shape index (κ1) is 30.1. The number of carbonyl (C=O) groups is 3. The second-order valence-corrected chi connectivity index (χ2v) is 11.5. The van der Waals surface area contributed by atoms with Crippen molar-refractivity contribution < 1.29 is 34.1 Å². The molecule has 1 saturated heterocycles. The number of hydrogen-bond acceptors (Lipinski definition) is 7. The van der Waals surface area contributed by atoms with Crippen LogP contribution in [0.2, 0.25) is 0 Å². The van der Waals surface area contributed by atoms with Gasteiger partial charge in [-0.1, -0.05) is 30.3 Å². The van der Waals surface area contributed by atoms with E-state index in [2.05, 4.69) is 5.32 Å². The lowest BCUT2D eigenvalue weighted by molar-refractivity contribution is -0.139. The minimum absolute atomic E-state index is 0.00998. The molecule has 0 radical (unpaired) electrons. The molecule has 1 aliphatic heterocycles. The summed E-state index contributed by atoms with van der Waals surface area (Å²) in [5.41, 5.74) is 3.08. The fourth-order valence-corrected chi connectivity index (χ4v) is 6.28. The lowest BCUT2D eigenvalue weighted by atomic mass is 9.90. The van der Waals surface area contributed by atoms with Gasteiger partial charge in [0.15, 0.2) is 17.6 Å². The second kappa shape index (κ2) is 13.2. The van der Waals surface area contributed by atoms with Gasteiger partial charge in [-0.2, -0.15) is 0 Å². The average molecular weight is 581 g/mol. The molecule has 0 spiro atoms. The van der Waals surface area contributed by atoms with Gasteiger partial charge in [0.1, 0.15) is 11.5 Å². The van der Waals surface area contributed by atoms with Gasteiger partial charge in [-0.05, 0) is 83.0 Å². The quantitative estimate of drug-likeness (QED) is 0.276. The van der Waals surface area contributed by atoms with Crippen LogP contribution in [0.25, 0.3) is 10.4 Å². The number of anilines is 1. The first-order valence-electron chi connectivity index (χ1n) is 13.7. The van der Waals surface area contributed by atoms with E-state index in [1.807, 2.05) is 56.0 Å². The molecule has 2 aromatic carbocycles. The SMILES string of the molecule is Cc1ccccc1N(C(=O)C(Oc1cccc(-c2sc(C(=O)O)c(OCC(=O)O)c2C)c1)C1CCNCC1)C(C)C. The summed E-state index contributed by atoms with van der Waals surface area (Å²) in [7, 11) is 0. The molecular weight excluding hydrogens is 544 g/mol. The smallest absolute Gasteiger partial charge is 0.349 e. The molecule has 3 N–H and O–H groups in total. The summed E-state index contributed by atoms with van der Waals surface area (Å²) in [6.45, 7) is 8.64. The number of para-hydroxylation sites is 1. The Hall–Kier alpha value is -3.89. The van der Waals surface area contributed by atoms with Gasteiger partial charge in [-0.15, -0.1) is 11.3 Å². The molecule has 1 aliphatic rings. The van der Waals surface area contributed by atoms with E-state index in [-0.39, 0.29) is 28.5 Å². The number of ether oxygens (including phenoxy) is 2. The van der Waals surface area contributed by atoms with Crippen molar-refractivity contribution >= 4 is 34.9 Å². The van der Waals surface area contributed by atoms with Gasteiger partial charge >= 0.3 is 11.9 Å². The second-order valence-electron chi connectivity index (χ2n) is 10.4. The Morgan fingerprint density at radius 3 is 2.39 bits per heavy atom. The molecule has 218 valence electrons. The molecule has 4 rings (SSSR count). The number of carboxylic acids is 2. The van der Waals surface area contributed by atoms with Crippen LogP contribution in [0.1, 0.15) is 47.5 Å². The number of rotatable bonds is 11. The third-order valence-corrected chi connectivity index (χ3v) is 8.48. The molecule has 0 saturated carbocycles. The number of carbonyl (C=O) groups excluding carboxylic acids is 1. The number of thiophene rings is 1. The van der Waals surface area contributed by atoms with Crippen molar-refractivity contribution in [1.29, 1.82) is 0 Å². The largest absolute Gasteiger partial charge is 0.480 e. The van der Waals surface area contributed by atoms with Gasteiger partial charge in [0.25, 0.3) is 5.91 Å². The Labute approximate surface area is 243 Å². The summed E-state index contributed by atoms with van der Waals surface area (Å²) < 4.78 is 11.9. The van der Waals surface area contributed by atoms with Crippen LogP contribution >= 0.6 is 11.3 Å². The fraction of sp³-hybridized carbons (Fsp3) is 0.387. The van der Waals surface area contributed by atoms with Crippen molar-refractivity contribution in [3.05, 3.63) is 64.5 Å². The highest BCUT2D eigenvalue weighted by Crippen LogP contribution is 2.42. The van der Waals surface area contributed by atoms with Gasteiger partial charge in [-0.25, -0.2) is 9.59 Å². The third kappa shape index (κ3) is 6.89. The fourth-order valence-electron chi connectivity index (χ4n) is 5.20. The zero-order chi connectivity index (χ0) is 29.7. The molecule has 9 nitrogen and oxygen atoms in total. The molecule has 41 heavy (non-hydrogen) atoms. The molecule has 1 unspecified atom stereocenters. The number of nitrogens with zero attached hydrogens (tertiary/aromatic N) is 1. The van der Waals surface area contributed by atoms with Crippen LogP contribution in [-0.4, -0.2) is 59.9 Å². The molecule has 0 aliphatic carbocycles. The first-order chi connectivity index (χ1) is 19.6. The van der Waals surface area contributed by atoms with Crippen LogP contribution in [0.5, 0.6) is 11.5 Å². The van der Waals surface area contributed by atoms with Crippen molar-refractivity contribution in [3.63, 3.8) is 0 Å². The average Bonchev–Trinajstić information content (AvgIpc) is 3.28. The number of benzene rings is 2. The van der Waals surface area contributed by atoms with Crippen LogP contribution in [0.3, 0.4) is 0 Å². The topological polar surface area (TPSA) is 125 Å². The maximum absolute atomic E-state index is 14.3. The monoisotopic (exact) mass is 580 g/mol. The van der Waals surface area contributed by atoms with Gasteiger partial charge in [0.2, 0.25) is 0 Å². The van der Waals surface area contributed by atoms with Gasteiger partial charge in [0, 0.05) is 28.1 Å². The van der Waals surface area contributed by atoms with Crippen LogP contribution in [0.4, 0.5) is 5.69 Å². The van der Waals surface area contributed by atoms with E-state index >= 15 is 0 Å². The van der Waals surface area contributed by atoms with E-state index in [4.69, 9.17) is 14.6 Å². The molecule has 1 amide bonds. The first-order valence-corrected chi connectivity index (χ1v) is 14.5. The predicted molar refractivity (Wildman–Crippen MR) is 158 cm³/mol. The lowest BCUT2D eigenvalue weighted by Crippen LogP contribution is -2.51. The number of piperidine rings is 1. The highest BCUT2D eigenvalue weighted by Gasteiger charge is 2.36. The third-order valence-electron chi connectivity index (χ3n) is 7.17. The van der Waals surface area contributed by atoms with Crippen LogP contribution in [-0.2, 0) is 9.59 Å². The van der Waals surface area contributed by atoms with Crippen molar-refractivity contribution in [2.75, 3.05) is 24.6 Å². The number of aryl methyl sites for hydroxylation is 1. The van der Waals surface area contributed by atoms with Crippen LogP contribution in [0, 0.1) is 19.8 Å². The number of aliphatic carboxylic acids is 1. The number of aromatic carboxylic acids is 1. The Morgan fingerprint density at radius 2 is 1.76 bits per heavy atom. The molecule has 10 heteroatoms. The van der Waals surface area contributed by atoms with Crippen molar-refractivity contribution in [2.24, 2.45) is 5.92 Å². The van der Waals surface area contributed by atoms with Crippen LogP contribution in [0.15, 0.2) is 48.5 Å². The summed E-state index contributed by atoms with van der Waals surface area (Å²) in [6.07, 6.45) is 0.876. The molecule has 1 aromatic heterocycles. The number of amides is 1. The summed E-state index contributed by atoms with van der Waals surface area (Å²) in [5.74, 6) is -1.95. The van der Waals surface area contributed by atoms with Crippen LogP contribution < -0.4 is 19.7 Å². The molecule has 0 bridgehead atoms. The Balaban J connectivity index is 1.70. The van der Waals surface area contributed by atoms with Crippen molar-refractivity contribution in [1.82, 2.24) is 5.32 Å². The van der Waals surface area contributed by atoms with Crippen molar-refractivity contribution in [3.8, 4) is 21.9 Å². The maximum atomic E-state index is 14.3. The van der Waals surface area contributed by atoms with E-state index in [0.717, 1.165) is 48.5 Å². The normalized spacial score (nSPS) is 14.5. The van der Waals surface area contributed by atoms with E-state index in [1.165, 1.54) is 0 Å². The van der Waals surface area contributed by atoms with Crippen molar-refractivity contribution in [2.45, 2.75) is 52.7 Å². The Morgan fingerprint density at radius 1 is 1.05 bits per heavy atom. The molecule has 2 heterocycles. The zero-order valence-corrected chi connectivity index (χ0v) is 24.5.